The Hall–Kier alpha value is -1.90. The molecule has 4 aliphatic rings. The van der Waals surface area contributed by atoms with E-state index in [2.05, 4.69) is 29.8 Å². The molecule has 2 heterocycles. The molecule has 2 N–H and O–H groups in total. The Morgan fingerprint density at radius 3 is 2.68 bits per heavy atom. The standard InChI is InChI=1S/C29H37BBrNO5/c1-3-18(14-19-15-20(31)10-11-24(19)33)9-12-25-26-17(2)13-22-27(23(26)16-30(36)37-25)29(35)32(28(22)34)21-7-5-4-6-8-21/h10-11,14-15,21-23,25,27,33,36H,3-9,12-13,16H2,1-2H3/b18-14+/t22-,23+,25-,27-/m1/s1. The number of amides is 2. The summed E-state index contributed by atoms with van der Waals surface area (Å²) in [6, 6.07) is 5.43. The molecule has 198 valence electrons. The van der Waals surface area contributed by atoms with Gasteiger partial charge in [-0.25, -0.2) is 0 Å². The van der Waals surface area contributed by atoms with Gasteiger partial charge in [0.25, 0.3) is 0 Å². The fourth-order valence-corrected chi connectivity index (χ4v) is 7.55. The Kier molecular flexibility index (Phi) is 7.99. The topological polar surface area (TPSA) is 87.1 Å². The van der Waals surface area contributed by atoms with E-state index >= 15 is 0 Å². The molecule has 8 heteroatoms. The molecular weight excluding hydrogens is 533 g/mol. The van der Waals surface area contributed by atoms with Gasteiger partial charge >= 0.3 is 7.12 Å². The average Bonchev–Trinajstić information content (AvgIpc) is 3.13. The van der Waals surface area contributed by atoms with Crippen molar-refractivity contribution in [1.29, 1.82) is 0 Å². The molecule has 2 saturated heterocycles. The molecule has 5 rings (SSSR count). The number of nitrogens with zero attached hydrogens (tertiary/aromatic N) is 1. The predicted molar refractivity (Wildman–Crippen MR) is 147 cm³/mol. The number of phenolic OH excluding ortho intramolecular Hbond substituents is 1. The van der Waals surface area contributed by atoms with Gasteiger partial charge in [0.1, 0.15) is 5.75 Å². The normalized spacial score (nSPS) is 29.1. The number of hydrogen-bond acceptors (Lipinski definition) is 5. The highest BCUT2D eigenvalue weighted by Gasteiger charge is 2.57. The molecule has 1 aromatic carbocycles. The Morgan fingerprint density at radius 1 is 1.19 bits per heavy atom. The van der Waals surface area contributed by atoms with Crippen molar-refractivity contribution in [3.05, 3.63) is 45.0 Å². The maximum Gasteiger partial charge on any atom is 0.455 e. The molecule has 0 aromatic heterocycles. The number of benzene rings is 1. The predicted octanol–water partition coefficient (Wildman–Crippen LogP) is 5.88. The molecule has 1 saturated carbocycles. The summed E-state index contributed by atoms with van der Waals surface area (Å²) in [6.45, 7) is 4.17. The van der Waals surface area contributed by atoms with Crippen molar-refractivity contribution >= 4 is 40.9 Å². The summed E-state index contributed by atoms with van der Waals surface area (Å²) in [7, 11) is -0.944. The van der Waals surface area contributed by atoms with Crippen LogP contribution in [0.15, 0.2) is 39.4 Å². The monoisotopic (exact) mass is 569 g/mol. The summed E-state index contributed by atoms with van der Waals surface area (Å²) in [5.41, 5.74) is 4.21. The second-order valence-electron chi connectivity index (χ2n) is 11.2. The molecule has 0 bridgehead atoms. The third-order valence-electron chi connectivity index (χ3n) is 8.96. The van der Waals surface area contributed by atoms with Crippen molar-refractivity contribution in [2.24, 2.45) is 17.8 Å². The highest BCUT2D eigenvalue weighted by molar-refractivity contribution is 9.10. The zero-order valence-electron chi connectivity index (χ0n) is 21.8. The first-order valence-corrected chi connectivity index (χ1v) is 14.7. The van der Waals surface area contributed by atoms with Crippen molar-refractivity contribution in [3.63, 3.8) is 0 Å². The van der Waals surface area contributed by atoms with Crippen LogP contribution in [0, 0.1) is 17.8 Å². The molecule has 1 aromatic rings. The number of carbonyl (C=O) groups is 2. The lowest BCUT2D eigenvalue weighted by Crippen LogP contribution is -2.46. The Bertz CT molecular complexity index is 1130. The van der Waals surface area contributed by atoms with E-state index in [-0.39, 0.29) is 47.5 Å². The van der Waals surface area contributed by atoms with Gasteiger partial charge < -0.3 is 14.8 Å². The Labute approximate surface area is 228 Å². The highest BCUT2D eigenvalue weighted by Crippen LogP contribution is 2.51. The van der Waals surface area contributed by atoms with Gasteiger partial charge in [0.05, 0.1) is 17.9 Å². The van der Waals surface area contributed by atoms with E-state index in [4.69, 9.17) is 4.65 Å². The molecule has 0 radical (unpaired) electrons. The van der Waals surface area contributed by atoms with Gasteiger partial charge in [-0.15, -0.1) is 0 Å². The molecule has 0 unspecified atom stereocenters. The minimum absolute atomic E-state index is 0.00265. The quantitative estimate of drug-likeness (QED) is 0.254. The molecule has 2 aliphatic carbocycles. The molecule has 37 heavy (non-hydrogen) atoms. The van der Waals surface area contributed by atoms with Crippen LogP contribution in [0.2, 0.25) is 6.32 Å². The lowest BCUT2D eigenvalue weighted by molar-refractivity contribution is -0.143. The number of hydrogen-bond donors (Lipinski definition) is 2. The first-order chi connectivity index (χ1) is 17.8. The second-order valence-corrected chi connectivity index (χ2v) is 12.1. The minimum Gasteiger partial charge on any atom is -0.507 e. The van der Waals surface area contributed by atoms with Crippen molar-refractivity contribution in [3.8, 4) is 5.75 Å². The van der Waals surface area contributed by atoms with Crippen LogP contribution in [-0.4, -0.2) is 46.1 Å². The van der Waals surface area contributed by atoms with Crippen LogP contribution in [0.5, 0.6) is 5.75 Å². The van der Waals surface area contributed by atoms with Crippen molar-refractivity contribution in [2.45, 2.75) is 90.1 Å². The summed E-state index contributed by atoms with van der Waals surface area (Å²) in [4.78, 5) is 28.8. The third-order valence-corrected chi connectivity index (χ3v) is 9.45. The largest absolute Gasteiger partial charge is 0.507 e. The molecule has 4 atom stereocenters. The van der Waals surface area contributed by atoms with Crippen LogP contribution in [0.3, 0.4) is 0 Å². The number of fused-ring (bicyclic) bond motifs is 3. The zero-order valence-corrected chi connectivity index (χ0v) is 23.4. The van der Waals surface area contributed by atoms with Crippen LogP contribution < -0.4 is 0 Å². The lowest BCUT2D eigenvalue weighted by Gasteiger charge is -2.42. The first kappa shape index (κ1) is 26.7. The van der Waals surface area contributed by atoms with Crippen molar-refractivity contribution in [2.75, 3.05) is 0 Å². The lowest BCUT2D eigenvalue weighted by atomic mass is 9.58. The van der Waals surface area contributed by atoms with E-state index in [1.807, 2.05) is 18.2 Å². The van der Waals surface area contributed by atoms with Crippen LogP contribution in [0.4, 0.5) is 0 Å². The van der Waals surface area contributed by atoms with Crippen molar-refractivity contribution < 1.29 is 24.4 Å². The maximum atomic E-state index is 13.7. The van der Waals surface area contributed by atoms with Crippen LogP contribution in [0.1, 0.15) is 77.2 Å². The number of phenols is 1. The number of allylic oxidation sites excluding steroid dienone is 2. The Balaban J connectivity index is 1.37. The molecule has 3 fully saturated rings. The number of likely N-dealkylation sites (tertiary alicyclic amines) is 1. The van der Waals surface area contributed by atoms with Gasteiger partial charge in [0.2, 0.25) is 11.8 Å². The van der Waals surface area contributed by atoms with E-state index in [1.165, 1.54) is 12.0 Å². The summed E-state index contributed by atoms with van der Waals surface area (Å²) >= 11 is 3.47. The molecule has 6 nitrogen and oxygen atoms in total. The Morgan fingerprint density at radius 2 is 1.95 bits per heavy atom. The molecule has 0 spiro atoms. The number of rotatable bonds is 6. The van der Waals surface area contributed by atoms with Crippen LogP contribution in [-0.2, 0) is 14.2 Å². The van der Waals surface area contributed by atoms with Crippen LogP contribution in [0.25, 0.3) is 6.08 Å². The highest BCUT2D eigenvalue weighted by atomic mass is 79.9. The fraction of sp³-hybridized carbons (Fsp3) is 0.586. The molecule has 2 aliphatic heterocycles. The van der Waals surface area contributed by atoms with E-state index in [9.17, 15) is 19.7 Å². The SMILES string of the molecule is CC/C(=C\c1cc(Br)ccc1O)CC[C@H]1OB(O)C[C@H]2C1=C(C)C[C@H]1C(=O)N(C3CCCCC3)C(=O)[C@H]12. The number of carbonyl (C=O) groups excluding carboxylic acids is 2. The van der Waals surface area contributed by atoms with Crippen molar-refractivity contribution in [1.82, 2.24) is 4.90 Å². The summed E-state index contributed by atoms with van der Waals surface area (Å²) in [6.07, 6.45) is 10.1. The summed E-state index contributed by atoms with van der Waals surface area (Å²) in [5.74, 6) is -0.622. The summed E-state index contributed by atoms with van der Waals surface area (Å²) in [5, 5.41) is 21.0. The smallest absolute Gasteiger partial charge is 0.455 e. The van der Waals surface area contributed by atoms with E-state index in [0.29, 0.717) is 19.2 Å². The zero-order chi connectivity index (χ0) is 26.3. The minimum atomic E-state index is -0.944. The number of imide groups is 1. The maximum absolute atomic E-state index is 13.7. The van der Waals surface area contributed by atoms with E-state index < -0.39 is 7.12 Å². The molecule has 2 amide bonds. The fourth-order valence-electron chi connectivity index (χ4n) is 7.17. The van der Waals surface area contributed by atoms with Gasteiger partial charge in [0, 0.05) is 16.1 Å². The van der Waals surface area contributed by atoms with Gasteiger partial charge in [0.15, 0.2) is 0 Å². The summed E-state index contributed by atoms with van der Waals surface area (Å²) < 4.78 is 6.98. The van der Waals surface area contributed by atoms with E-state index in [1.54, 1.807) is 11.0 Å². The number of halogens is 1. The van der Waals surface area contributed by atoms with E-state index in [0.717, 1.165) is 59.7 Å². The average molecular weight is 570 g/mol. The number of aromatic hydroxyl groups is 1. The van der Waals surface area contributed by atoms with Gasteiger partial charge in [-0.1, -0.05) is 59.3 Å². The second kappa shape index (κ2) is 11.1. The van der Waals surface area contributed by atoms with Gasteiger partial charge in [-0.3, -0.25) is 14.5 Å². The first-order valence-electron chi connectivity index (χ1n) is 13.9. The van der Waals surface area contributed by atoms with Gasteiger partial charge in [-0.05, 0) is 81.5 Å². The molecular formula is C29H37BBrNO5. The third kappa shape index (κ3) is 5.21. The van der Waals surface area contributed by atoms with Gasteiger partial charge in [-0.2, -0.15) is 0 Å². The van der Waals surface area contributed by atoms with Crippen LogP contribution >= 0.6 is 15.9 Å².